The van der Waals surface area contributed by atoms with Crippen molar-refractivity contribution < 1.29 is 42.9 Å². The number of nitrogens with zero attached hydrogens (tertiary/aromatic N) is 1. The van der Waals surface area contributed by atoms with Gasteiger partial charge in [0.2, 0.25) is 11.8 Å². The number of carboxylic acid groups (broad SMARTS) is 1. The van der Waals surface area contributed by atoms with Crippen molar-refractivity contribution in [2.75, 3.05) is 19.7 Å². The molecule has 3 aromatic rings. The molecule has 0 aliphatic carbocycles. The highest BCUT2D eigenvalue weighted by Crippen LogP contribution is 2.31. The van der Waals surface area contributed by atoms with E-state index in [9.17, 15) is 33.5 Å². The predicted octanol–water partition coefficient (Wildman–Crippen LogP) is 5.37. The lowest BCUT2D eigenvalue weighted by Crippen LogP contribution is -2.53. The van der Waals surface area contributed by atoms with Crippen LogP contribution in [0.5, 0.6) is 11.5 Å². The molecular weight excluding hydrogens is 695 g/mol. The molecule has 0 spiro atoms. The first-order chi connectivity index (χ1) is 25.6. The van der Waals surface area contributed by atoms with E-state index in [1.165, 1.54) is 17.0 Å². The van der Waals surface area contributed by atoms with Gasteiger partial charge in [-0.2, -0.15) is 0 Å². The topological polar surface area (TPSA) is 163 Å². The third kappa shape index (κ3) is 12.6. The highest BCUT2D eigenvalue weighted by atomic mass is 19.1. The van der Waals surface area contributed by atoms with Gasteiger partial charge in [-0.15, -0.1) is 0 Å². The molecule has 0 unspecified atom stereocenters. The van der Waals surface area contributed by atoms with Gasteiger partial charge in [-0.1, -0.05) is 77.1 Å². The summed E-state index contributed by atoms with van der Waals surface area (Å²) in [6.45, 7) is 10.6. The van der Waals surface area contributed by atoms with Crippen molar-refractivity contribution in [3.63, 3.8) is 0 Å². The first kappa shape index (κ1) is 41.3. The third-order valence-corrected chi connectivity index (χ3v) is 9.10. The van der Waals surface area contributed by atoms with Gasteiger partial charge < -0.3 is 35.4 Å². The van der Waals surface area contributed by atoms with E-state index in [-0.39, 0.29) is 60.7 Å². The number of likely N-dealkylation sites (tertiary alicyclic amines) is 1. The number of carbonyl (C=O) groups is 5. The monoisotopic (exact) mass is 746 g/mol. The van der Waals surface area contributed by atoms with Gasteiger partial charge in [0, 0.05) is 32.0 Å². The molecule has 1 saturated heterocycles. The van der Waals surface area contributed by atoms with Crippen LogP contribution in [0.4, 0.5) is 9.18 Å². The number of amides is 4. The van der Waals surface area contributed by atoms with E-state index < -0.39 is 36.0 Å². The average molecular weight is 747 g/mol. The number of halogens is 1. The Kier molecular flexibility index (Phi) is 14.6. The fraction of sp³-hybridized carbons (Fsp3) is 0.439. The number of hydrogen-bond acceptors (Lipinski definition) is 7. The molecule has 4 rings (SSSR count). The second-order valence-corrected chi connectivity index (χ2v) is 15.0. The molecule has 1 fully saturated rings. The highest BCUT2D eigenvalue weighted by molar-refractivity contribution is 5.91. The average Bonchev–Trinajstić information content (AvgIpc) is 3.13. The first-order valence-corrected chi connectivity index (χ1v) is 18.2. The Labute approximate surface area is 315 Å². The van der Waals surface area contributed by atoms with Crippen molar-refractivity contribution in [1.29, 1.82) is 0 Å². The fourth-order valence-corrected chi connectivity index (χ4v) is 6.12. The van der Waals surface area contributed by atoms with Crippen molar-refractivity contribution in [3.8, 4) is 11.5 Å². The van der Waals surface area contributed by atoms with Crippen LogP contribution >= 0.6 is 0 Å². The van der Waals surface area contributed by atoms with E-state index in [1.54, 1.807) is 42.5 Å². The molecule has 1 heterocycles. The van der Waals surface area contributed by atoms with Crippen LogP contribution in [0, 0.1) is 17.7 Å². The fourth-order valence-electron chi connectivity index (χ4n) is 6.12. The van der Waals surface area contributed by atoms with Gasteiger partial charge in [0.1, 0.15) is 29.4 Å². The van der Waals surface area contributed by atoms with Gasteiger partial charge in [0.15, 0.2) is 6.61 Å². The van der Waals surface area contributed by atoms with Crippen LogP contribution in [0.25, 0.3) is 0 Å². The molecule has 54 heavy (non-hydrogen) atoms. The number of hydrogen-bond donors (Lipinski definition) is 4. The molecule has 1 aliphatic rings. The second-order valence-electron chi connectivity index (χ2n) is 15.0. The number of ether oxygens (including phenoxy) is 2. The summed E-state index contributed by atoms with van der Waals surface area (Å²) in [7, 11) is 0. The van der Waals surface area contributed by atoms with E-state index in [2.05, 4.69) is 16.0 Å². The number of aliphatic carboxylic acids is 1. The summed E-state index contributed by atoms with van der Waals surface area (Å²) in [5.74, 6) is -2.26. The van der Waals surface area contributed by atoms with E-state index in [1.807, 2.05) is 52.8 Å². The molecule has 12 nitrogen and oxygen atoms in total. The molecule has 13 heteroatoms. The molecule has 4 amide bonds. The predicted molar refractivity (Wildman–Crippen MR) is 200 cm³/mol. The number of carbonyl (C=O) groups excluding carboxylic acids is 4. The van der Waals surface area contributed by atoms with Crippen molar-refractivity contribution in [2.45, 2.75) is 84.3 Å². The Morgan fingerprint density at radius 3 is 2.11 bits per heavy atom. The second kappa shape index (κ2) is 19.0. The molecule has 0 bridgehead atoms. The summed E-state index contributed by atoms with van der Waals surface area (Å²) in [6.07, 6.45) is 0.595. The van der Waals surface area contributed by atoms with Crippen LogP contribution in [0.1, 0.15) is 70.6 Å². The maximum Gasteiger partial charge on any atom is 0.415 e. The lowest BCUT2D eigenvalue weighted by Gasteiger charge is -2.30. The summed E-state index contributed by atoms with van der Waals surface area (Å²) in [6, 6.07) is 17.4. The number of benzene rings is 3. The SMILES string of the molecule is CC(C)C[C@H](NC(=O)COc1ccccc1C(C)(C)C)C(=O)N[C@@H](Cc1ccc(OC(=O)N2CCC(C(=O)NCc3ccc(F)cc3)CC2)cc1)C(=O)O. The molecule has 0 radical (unpaired) electrons. The molecule has 2 atom stereocenters. The van der Waals surface area contributed by atoms with E-state index in [0.717, 1.165) is 11.1 Å². The van der Waals surface area contributed by atoms with Crippen LogP contribution in [0.15, 0.2) is 72.8 Å². The van der Waals surface area contributed by atoms with Crippen LogP contribution < -0.4 is 25.4 Å². The van der Waals surface area contributed by atoms with E-state index >= 15 is 0 Å². The zero-order chi connectivity index (χ0) is 39.4. The van der Waals surface area contributed by atoms with Crippen LogP contribution in [0.3, 0.4) is 0 Å². The largest absolute Gasteiger partial charge is 0.483 e. The van der Waals surface area contributed by atoms with E-state index in [4.69, 9.17) is 9.47 Å². The minimum Gasteiger partial charge on any atom is -0.483 e. The Morgan fingerprint density at radius 2 is 1.50 bits per heavy atom. The molecule has 0 saturated carbocycles. The highest BCUT2D eigenvalue weighted by Gasteiger charge is 2.30. The number of piperidine rings is 1. The van der Waals surface area contributed by atoms with Crippen molar-refractivity contribution >= 4 is 29.8 Å². The van der Waals surface area contributed by atoms with Crippen LogP contribution in [0.2, 0.25) is 0 Å². The maximum atomic E-state index is 13.3. The summed E-state index contributed by atoms with van der Waals surface area (Å²) < 4.78 is 24.5. The van der Waals surface area contributed by atoms with Crippen LogP contribution in [-0.2, 0) is 37.6 Å². The van der Waals surface area contributed by atoms with Gasteiger partial charge >= 0.3 is 12.1 Å². The Balaban J connectivity index is 1.25. The molecule has 4 N–H and O–H groups in total. The van der Waals surface area contributed by atoms with Crippen LogP contribution in [-0.4, -0.2) is 71.6 Å². The number of nitrogens with one attached hydrogen (secondary N) is 3. The van der Waals surface area contributed by atoms with Crippen molar-refractivity contribution in [2.24, 2.45) is 11.8 Å². The normalized spacial score (nSPS) is 14.5. The lowest BCUT2D eigenvalue weighted by atomic mass is 9.86. The Hall–Kier alpha value is -5.46. The Morgan fingerprint density at radius 1 is 0.870 bits per heavy atom. The lowest BCUT2D eigenvalue weighted by molar-refractivity contribution is -0.142. The number of para-hydroxylation sites is 1. The van der Waals surface area contributed by atoms with Crippen molar-refractivity contribution in [3.05, 3.63) is 95.3 Å². The Bertz CT molecular complexity index is 1750. The molecular formula is C41H51FN4O8. The van der Waals surface area contributed by atoms with Gasteiger partial charge in [-0.25, -0.2) is 14.0 Å². The molecule has 3 aromatic carbocycles. The summed E-state index contributed by atoms with van der Waals surface area (Å²) in [4.78, 5) is 65.5. The molecule has 0 aromatic heterocycles. The van der Waals surface area contributed by atoms with Gasteiger partial charge in [0.25, 0.3) is 5.91 Å². The summed E-state index contributed by atoms with van der Waals surface area (Å²) in [5, 5.41) is 18.1. The van der Waals surface area contributed by atoms with E-state index in [0.29, 0.717) is 37.2 Å². The minimum atomic E-state index is -1.29. The zero-order valence-electron chi connectivity index (χ0n) is 31.5. The summed E-state index contributed by atoms with van der Waals surface area (Å²) >= 11 is 0. The van der Waals surface area contributed by atoms with Gasteiger partial charge in [-0.3, -0.25) is 14.4 Å². The summed E-state index contributed by atoms with van der Waals surface area (Å²) in [5.41, 5.74) is 2.09. The first-order valence-electron chi connectivity index (χ1n) is 18.2. The smallest absolute Gasteiger partial charge is 0.415 e. The zero-order valence-corrected chi connectivity index (χ0v) is 31.5. The maximum absolute atomic E-state index is 13.3. The third-order valence-electron chi connectivity index (χ3n) is 9.10. The standard InChI is InChI=1S/C41H51FN4O8/c1-26(2)22-33(44-36(47)25-53-35-9-7-6-8-32(35)41(3,4)5)38(49)45-34(39(50)51)23-27-12-16-31(17-13-27)54-40(52)46-20-18-29(19-21-46)37(48)43-24-28-10-14-30(42)15-11-28/h6-17,26,29,33-34H,18-25H2,1-5H3,(H,43,48)(H,44,47)(H,45,49)(H,50,51)/t33-,34-/m0/s1. The van der Waals surface area contributed by atoms with Gasteiger partial charge in [0.05, 0.1) is 0 Å². The number of rotatable bonds is 15. The molecule has 1 aliphatic heterocycles. The minimum absolute atomic E-state index is 0.0204. The number of carboxylic acids is 1. The van der Waals surface area contributed by atoms with Crippen molar-refractivity contribution in [1.82, 2.24) is 20.9 Å². The quantitative estimate of drug-likeness (QED) is 0.161. The van der Waals surface area contributed by atoms with Gasteiger partial charge in [-0.05, 0) is 77.6 Å². The molecule has 290 valence electrons.